The molecular weight excluding hydrogens is 482 g/mol. The average Bonchev–Trinajstić information content (AvgIpc) is 2.74. The van der Waals surface area contributed by atoms with Crippen LogP contribution in [-0.2, 0) is 16.1 Å². The molecule has 0 heterocycles. The molecule has 0 saturated carbocycles. The molecule has 0 radical (unpaired) electrons. The molecule has 2 aromatic carbocycles. The monoisotopic (exact) mass is 507 g/mol. The summed E-state index contributed by atoms with van der Waals surface area (Å²) in [5, 5.41) is 13.9. The number of hydrogen-bond acceptors (Lipinski definition) is 6. The van der Waals surface area contributed by atoms with Crippen molar-refractivity contribution in [2.45, 2.75) is 39.4 Å². The van der Waals surface area contributed by atoms with E-state index in [0.29, 0.717) is 0 Å². The lowest BCUT2D eigenvalue weighted by Crippen LogP contribution is -2.50. The van der Waals surface area contributed by atoms with Crippen LogP contribution >= 0.6 is 15.9 Å². The summed E-state index contributed by atoms with van der Waals surface area (Å²) in [6.45, 7) is 5.20. The minimum Gasteiger partial charge on any atom is -0.490 e. The van der Waals surface area contributed by atoms with Gasteiger partial charge in [-0.1, -0.05) is 28.1 Å². The number of benzene rings is 2. The van der Waals surface area contributed by atoms with Gasteiger partial charge in [0.25, 0.3) is 5.91 Å². The third-order valence-electron chi connectivity index (χ3n) is 4.55. The van der Waals surface area contributed by atoms with Crippen LogP contribution in [0.15, 0.2) is 46.9 Å². The summed E-state index contributed by atoms with van der Waals surface area (Å²) in [6.07, 6.45) is 0. The Hall–Kier alpha value is -3.14. The van der Waals surface area contributed by atoms with Gasteiger partial charge in [-0.25, -0.2) is 0 Å². The number of carbonyl (C=O) groups excluding carboxylic acids is 2. The van der Waals surface area contributed by atoms with Crippen LogP contribution in [0, 0.1) is 10.1 Å². The van der Waals surface area contributed by atoms with Crippen LogP contribution in [0.2, 0.25) is 0 Å². The standard InChI is InChI=1S/C22H26BrN3O6/c1-14(2)24-22(28)15(3)25(12-16-6-5-7-17(23)10-16)21(27)13-32-18-8-9-19(26(29)30)20(11-18)31-4/h5-11,14-15H,12-13H2,1-4H3,(H,24,28)/t15-/m0/s1. The summed E-state index contributed by atoms with van der Waals surface area (Å²) in [6, 6.07) is 10.6. The number of ether oxygens (including phenoxy) is 2. The number of methoxy groups -OCH3 is 1. The smallest absolute Gasteiger partial charge is 0.311 e. The lowest BCUT2D eigenvalue weighted by atomic mass is 10.1. The van der Waals surface area contributed by atoms with Gasteiger partial charge in [-0.15, -0.1) is 0 Å². The molecule has 0 fully saturated rings. The van der Waals surface area contributed by atoms with Crippen molar-refractivity contribution in [1.82, 2.24) is 10.2 Å². The second-order valence-electron chi connectivity index (χ2n) is 7.37. The number of carbonyl (C=O) groups is 2. The molecule has 10 heteroatoms. The van der Waals surface area contributed by atoms with Crippen molar-refractivity contribution in [3.8, 4) is 11.5 Å². The molecule has 1 atom stereocenters. The molecule has 32 heavy (non-hydrogen) atoms. The zero-order chi connectivity index (χ0) is 23.8. The number of nitro benzene ring substituents is 1. The summed E-state index contributed by atoms with van der Waals surface area (Å²) in [4.78, 5) is 37.5. The molecule has 0 spiro atoms. The summed E-state index contributed by atoms with van der Waals surface area (Å²) in [5.41, 5.74) is 0.635. The Morgan fingerprint density at radius 3 is 2.50 bits per heavy atom. The van der Waals surface area contributed by atoms with Crippen molar-refractivity contribution >= 4 is 33.4 Å². The largest absolute Gasteiger partial charge is 0.490 e. The van der Waals surface area contributed by atoms with E-state index < -0.39 is 16.9 Å². The van der Waals surface area contributed by atoms with Gasteiger partial charge < -0.3 is 19.7 Å². The Morgan fingerprint density at radius 2 is 1.91 bits per heavy atom. The highest BCUT2D eigenvalue weighted by Gasteiger charge is 2.27. The maximum Gasteiger partial charge on any atom is 0.311 e. The van der Waals surface area contributed by atoms with Gasteiger partial charge in [-0.3, -0.25) is 19.7 Å². The molecule has 2 aromatic rings. The summed E-state index contributed by atoms with van der Waals surface area (Å²) in [7, 11) is 1.31. The van der Waals surface area contributed by atoms with Crippen molar-refractivity contribution < 1.29 is 24.0 Å². The topological polar surface area (TPSA) is 111 Å². The van der Waals surface area contributed by atoms with Gasteiger partial charge in [-0.2, -0.15) is 0 Å². The average molecular weight is 508 g/mol. The highest BCUT2D eigenvalue weighted by molar-refractivity contribution is 9.10. The first kappa shape index (κ1) is 25.1. The van der Waals surface area contributed by atoms with E-state index in [1.807, 2.05) is 38.1 Å². The number of rotatable bonds is 10. The predicted molar refractivity (Wildman–Crippen MR) is 123 cm³/mol. The van der Waals surface area contributed by atoms with Crippen molar-refractivity contribution in [1.29, 1.82) is 0 Å². The molecule has 0 aliphatic heterocycles. The first-order valence-corrected chi connectivity index (χ1v) is 10.7. The van der Waals surface area contributed by atoms with Crippen LogP contribution in [0.3, 0.4) is 0 Å². The predicted octanol–water partition coefficient (Wildman–Crippen LogP) is 3.69. The molecule has 0 aliphatic carbocycles. The molecule has 172 valence electrons. The van der Waals surface area contributed by atoms with E-state index in [1.165, 1.54) is 30.2 Å². The molecule has 1 N–H and O–H groups in total. The van der Waals surface area contributed by atoms with Crippen LogP contribution in [0.5, 0.6) is 11.5 Å². The van der Waals surface area contributed by atoms with Crippen molar-refractivity contribution in [3.05, 3.63) is 62.6 Å². The SMILES string of the molecule is COc1cc(OCC(=O)N(Cc2cccc(Br)c2)[C@@H](C)C(=O)NC(C)C)ccc1[N+](=O)[O-]. The van der Waals surface area contributed by atoms with Crippen LogP contribution in [-0.4, -0.2) is 47.4 Å². The number of nitrogens with one attached hydrogen (secondary N) is 1. The lowest BCUT2D eigenvalue weighted by molar-refractivity contribution is -0.385. The fraction of sp³-hybridized carbons (Fsp3) is 0.364. The highest BCUT2D eigenvalue weighted by atomic mass is 79.9. The Labute approximate surface area is 195 Å². The minimum atomic E-state index is -0.737. The quantitative estimate of drug-likeness (QED) is 0.387. The van der Waals surface area contributed by atoms with Gasteiger partial charge in [0.1, 0.15) is 11.8 Å². The van der Waals surface area contributed by atoms with E-state index in [-0.39, 0.29) is 42.3 Å². The van der Waals surface area contributed by atoms with Gasteiger partial charge in [0.05, 0.1) is 12.0 Å². The van der Waals surface area contributed by atoms with E-state index in [0.717, 1.165) is 10.0 Å². The van der Waals surface area contributed by atoms with Gasteiger partial charge in [0.2, 0.25) is 11.7 Å². The van der Waals surface area contributed by atoms with Gasteiger partial charge in [0.15, 0.2) is 6.61 Å². The number of nitro groups is 1. The van der Waals surface area contributed by atoms with E-state index in [4.69, 9.17) is 9.47 Å². The Bertz CT molecular complexity index is 982. The fourth-order valence-corrected chi connectivity index (χ4v) is 3.39. The van der Waals surface area contributed by atoms with E-state index >= 15 is 0 Å². The molecule has 9 nitrogen and oxygen atoms in total. The molecule has 0 unspecified atom stereocenters. The van der Waals surface area contributed by atoms with Gasteiger partial charge >= 0.3 is 5.69 Å². The normalized spacial score (nSPS) is 11.6. The first-order chi connectivity index (χ1) is 15.1. The Balaban J connectivity index is 2.20. The molecule has 0 aromatic heterocycles. The molecule has 2 amide bonds. The molecule has 0 aliphatic rings. The lowest BCUT2D eigenvalue weighted by Gasteiger charge is -2.29. The van der Waals surface area contributed by atoms with E-state index in [9.17, 15) is 19.7 Å². The van der Waals surface area contributed by atoms with Crippen molar-refractivity contribution in [3.63, 3.8) is 0 Å². The maximum absolute atomic E-state index is 13.0. The minimum absolute atomic E-state index is 0.0237. The summed E-state index contributed by atoms with van der Waals surface area (Å²) in [5.74, 6) is -0.424. The molecule has 2 rings (SSSR count). The summed E-state index contributed by atoms with van der Waals surface area (Å²) >= 11 is 3.41. The van der Waals surface area contributed by atoms with Crippen molar-refractivity contribution in [2.75, 3.05) is 13.7 Å². The van der Waals surface area contributed by atoms with Crippen molar-refractivity contribution in [2.24, 2.45) is 0 Å². The van der Waals surface area contributed by atoms with E-state index in [1.54, 1.807) is 6.92 Å². The number of hydrogen-bond donors (Lipinski definition) is 1. The Kier molecular flexibility index (Phi) is 9.01. The molecule has 0 bridgehead atoms. The zero-order valence-electron chi connectivity index (χ0n) is 18.3. The third kappa shape index (κ3) is 6.94. The van der Waals surface area contributed by atoms with Crippen LogP contribution in [0.25, 0.3) is 0 Å². The van der Waals surface area contributed by atoms with Gasteiger partial charge in [-0.05, 0) is 44.5 Å². The number of amides is 2. The third-order valence-corrected chi connectivity index (χ3v) is 5.04. The van der Waals surface area contributed by atoms with E-state index in [2.05, 4.69) is 21.2 Å². The van der Waals surface area contributed by atoms with Crippen LogP contribution in [0.4, 0.5) is 5.69 Å². The second kappa shape index (κ2) is 11.5. The Morgan fingerprint density at radius 1 is 1.19 bits per heavy atom. The maximum atomic E-state index is 13.0. The number of halogens is 1. The highest BCUT2D eigenvalue weighted by Crippen LogP contribution is 2.30. The first-order valence-electron chi connectivity index (χ1n) is 9.92. The van der Waals surface area contributed by atoms with Crippen LogP contribution < -0.4 is 14.8 Å². The number of nitrogens with zero attached hydrogens (tertiary/aromatic N) is 2. The summed E-state index contributed by atoms with van der Waals surface area (Å²) < 4.78 is 11.4. The van der Waals surface area contributed by atoms with Gasteiger partial charge in [0, 0.05) is 29.2 Å². The fourth-order valence-electron chi connectivity index (χ4n) is 2.95. The van der Waals surface area contributed by atoms with Crippen LogP contribution in [0.1, 0.15) is 26.3 Å². The molecule has 0 saturated heterocycles. The second-order valence-corrected chi connectivity index (χ2v) is 8.29. The zero-order valence-corrected chi connectivity index (χ0v) is 19.9. The molecular formula is C22H26BrN3O6.